The number of ether oxygens (including phenoxy) is 1. The smallest absolute Gasteiger partial charge is 0.338 e. The van der Waals surface area contributed by atoms with Crippen LogP contribution in [0, 0.1) is 0 Å². The predicted octanol–water partition coefficient (Wildman–Crippen LogP) is 6.11. The van der Waals surface area contributed by atoms with E-state index >= 15 is 0 Å². The SMILES string of the molecule is COC(=O)c1ccccc1-c1cccc(NC(=O)c2ccc3c(c2)NC(=O)c2ccccc2S3)c1. The fourth-order valence-corrected chi connectivity index (χ4v) is 4.91. The van der Waals surface area contributed by atoms with Crippen LogP contribution in [0.5, 0.6) is 0 Å². The average molecular weight is 481 g/mol. The Balaban J connectivity index is 1.40. The summed E-state index contributed by atoms with van der Waals surface area (Å²) in [6, 6.07) is 27.0. The van der Waals surface area contributed by atoms with Gasteiger partial charge in [0.25, 0.3) is 11.8 Å². The van der Waals surface area contributed by atoms with Gasteiger partial charge >= 0.3 is 5.97 Å². The van der Waals surface area contributed by atoms with Crippen LogP contribution >= 0.6 is 11.8 Å². The van der Waals surface area contributed by atoms with Crippen molar-refractivity contribution in [2.45, 2.75) is 9.79 Å². The molecule has 7 heteroatoms. The molecule has 1 aliphatic heterocycles. The highest BCUT2D eigenvalue weighted by atomic mass is 32.2. The lowest BCUT2D eigenvalue weighted by Crippen LogP contribution is -2.14. The quantitative estimate of drug-likeness (QED) is 0.344. The number of fused-ring (bicyclic) bond motifs is 2. The number of carbonyl (C=O) groups is 3. The normalized spacial score (nSPS) is 12.0. The Hall–Kier alpha value is -4.36. The number of hydrogen-bond donors (Lipinski definition) is 2. The molecule has 1 heterocycles. The highest BCUT2D eigenvalue weighted by Gasteiger charge is 2.21. The summed E-state index contributed by atoms with van der Waals surface area (Å²) < 4.78 is 4.89. The van der Waals surface area contributed by atoms with Crippen LogP contribution in [-0.4, -0.2) is 24.9 Å². The van der Waals surface area contributed by atoms with Gasteiger partial charge < -0.3 is 15.4 Å². The van der Waals surface area contributed by atoms with Crippen molar-refractivity contribution < 1.29 is 19.1 Å². The summed E-state index contributed by atoms with van der Waals surface area (Å²) in [7, 11) is 1.34. The number of hydrogen-bond acceptors (Lipinski definition) is 5. The maximum absolute atomic E-state index is 13.1. The number of amides is 2. The van der Waals surface area contributed by atoms with E-state index in [-0.39, 0.29) is 11.8 Å². The molecular formula is C28H20N2O4S. The van der Waals surface area contributed by atoms with Gasteiger partial charge in [-0.2, -0.15) is 0 Å². The topological polar surface area (TPSA) is 84.5 Å². The van der Waals surface area contributed by atoms with Gasteiger partial charge in [-0.1, -0.05) is 54.2 Å². The Morgan fingerprint density at radius 1 is 0.829 bits per heavy atom. The number of methoxy groups -OCH3 is 1. The maximum atomic E-state index is 13.1. The van der Waals surface area contributed by atoms with E-state index in [9.17, 15) is 14.4 Å². The molecule has 4 aromatic carbocycles. The van der Waals surface area contributed by atoms with E-state index in [2.05, 4.69) is 10.6 Å². The van der Waals surface area contributed by atoms with Crippen LogP contribution in [0.2, 0.25) is 0 Å². The number of rotatable bonds is 4. The zero-order valence-electron chi connectivity index (χ0n) is 18.7. The van der Waals surface area contributed by atoms with Crippen LogP contribution in [0.25, 0.3) is 11.1 Å². The van der Waals surface area contributed by atoms with E-state index < -0.39 is 5.97 Å². The molecule has 0 aromatic heterocycles. The summed E-state index contributed by atoms with van der Waals surface area (Å²) in [4.78, 5) is 39.6. The van der Waals surface area contributed by atoms with Crippen molar-refractivity contribution in [2.75, 3.05) is 17.7 Å². The molecule has 0 radical (unpaired) electrons. The maximum Gasteiger partial charge on any atom is 0.338 e. The average Bonchev–Trinajstić information content (AvgIpc) is 3.03. The Morgan fingerprint density at radius 2 is 1.60 bits per heavy atom. The molecule has 0 aliphatic carbocycles. The van der Waals surface area contributed by atoms with E-state index in [1.807, 2.05) is 48.5 Å². The first-order chi connectivity index (χ1) is 17.0. The van der Waals surface area contributed by atoms with Crippen molar-refractivity contribution >= 4 is 40.9 Å². The molecule has 172 valence electrons. The van der Waals surface area contributed by atoms with Crippen LogP contribution < -0.4 is 10.6 Å². The van der Waals surface area contributed by atoms with Gasteiger partial charge in [0.05, 0.1) is 23.9 Å². The Bertz CT molecular complexity index is 1480. The Morgan fingerprint density at radius 3 is 2.43 bits per heavy atom. The third-order valence-corrected chi connectivity index (χ3v) is 6.76. The first-order valence-electron chi connectivity index (χ1n) is 10.8. The molecule has 0 atom stereocenters. The summed E-state index contributed by atoms with van der Waals surface area (Å²) in [6.07, 6.45) is 0. The monoisotopic (exact) mass is 480 g/mol. The van der Waals surface area contributed by atoms with E-state index in [1.54, 1.807) is 42.5 Å². The fraction of sp³-hybridized carbons (Fsp3) is 0.0357. The molecule has 0 spiro atoms. The summed E-state index contributed by atoms with van der Waals surface area (Å²) in [5.74, 6) is -0.948. The van der Waals surface area contributed by atoms with Crippen molar-refractivity contribution in [1.82, 2.24) is 0 Å². The molecule has 0 saturated heterocycles. The van der Waals surface area contributed by atoms with Crippen LogP contribution in [0.1, 0.15) is 31.1 Å². The number of nitrogens with one attached hydrogen (secondary N) is 2. The molecule has 5 rings (SSSR count). The molecule has 2 amide bonds. The first-order valence-corrected chi connectivity index (χ1v) is 11.7. The third-order valence-electron chi connectivity index (χ3n) is 5.61. The van der Waals surface area contributed by atoms with Gasteiger partial charge in [-0.25, -0.2) is 4.79 Å². The van der Waals surface area contributed by atoms with Crippen LogP contribution in [0.3, 0.4) is 0 Å². The van der Waals surface area contributed by atoms with E-state index in [0.717, 1.165) is 15.4 Å². The minimum Gasteiger partial charge on any atom is -0.465 e. The zero-order valence-corrected chi connectivity index (χ0v) is 19.5. The van der Waals surface area contributed by atoms with Gasteiger partial charge in [0.2, 0.25) is 0 Å². The lowest BCUT2D eigenvalue weighted by molar-refractivity contribution is 0.0601. The summed E-state index contributed by atoms with van der Waals surface area (Å²) in [5, 5.41) is 5.81. The highest BCUT2D eigenvalue weighted by Crippen LogP contribution is 2.39. The van der Waals surface area contributed by atoms with Crippen molar-refractivity contribution in [2.24, 2.45) is 0 Å². The second kappa shape index (κ2) is 9.48. The molecular weight excluding hydrogens is 460 g/mol. The molecule has 6 nitrogen and oxygen atoms in total. The molecule has 35 heavy (non-hydrogen) atoms. The largest absolute Gasteiger partial charge is 0.465 e. The van der Waals surface area contributed by atoms with Crippen molar-refractivity contribution in [1.29, 1.82) is 0 Å². The number of carbonyl (C=O) groups excluding carboxylic acids is 3. The van der Waals surface area contributed by atoms with E-state index in [0.29, 0.717) is 33.6 Å². The minimum absolute atomic E-state index is 0.207. The standard InChI is InChI=1S/C28H20N2O4S/c1-34-28(33)21-10-3-2-9-20(21)17-7-6-8-19(15-17)29-26(31)18-13-14-25-23(16-18)30-27(32)22-11-4-5-12-24(22)35-25/h2-16H,1H3,(H,29,31)(H,30,32). The molecule has 0 unspecified atom stereocenters. The van der Waals surface area contributed by atoms with Gasteiger partial charge in [-0.3, -0.25) is 9.59 Å². The van der Waals surface area contributed by atoms with Crippen LogP contribution in [0.4, 0.5) is 11.4 Å². The third kappa shape index (κ3) is 4.54. The van der Waals surface area contributed by atoms with Crippen molar-refractivity contribution in [3.05, 3.63) is 108 Å². The number of esters is 1. The molecule has 0 fully saturated rings. The van der Waals surface area contributed by atoms with E-state index in [4.69, 9.17) is 4.74 Å². The van der Waals surface area contributed by atoms with Crippen molar-refractivity contribution in [3.8, 4) is 11.1 Å². The summed E-state index contributed by atoms with van der Waals surface area (Å²) >= 11 is 1.48. The van der Waals surface area contributed by atoms with Crippen LogP contribution in [-0.2, 0) is 4.74 Å². The number of anilines is 2. The first kappa shape index (κ1) is 22.4. The predicted molar refractivity (Wildman–Crippen MR) is 136 cm³/mol. The summed E-state index contributed by atoms with van der Waals surface area (Å²) in [6.45, 7) is 0. The van der Waals surface area contributed by atoms with Gasteiger partial charge in [-0.05, 0) is 59.7 Å². The zero-order chi connectivity index (χ0) is 24.4. The lowest BCUT2D eigenvalue weighted by atomic mass is 9.99. The molecule has 4 aromatic rings. The molecule has 0 bridgehead atoms. The highest BCUT2D eigenvalue weighted by molar-refractivity contribution is 7.99. The lowest BCUT2D eigenvalue weighted by Gasteiger charge is -2.12. The molecule has 0 saturated carbocycles. The Kier molecular flexibility index (Phi) is 6.08. The Labute approximate surface area is 206 Å². The van der Waals surface area contributed by atoms with Crippen LogP contribution in [0.15, 0.2) is 101 Å². The number of benzene rings is 4. The minimum atomic E-state index is -0.429. The van der Waals surface area contributed by atoms with Gasteiger partial charge in [0.1, 0.15) is 0 Å². The van der Waals surface area contributed by atoms with E-state index in [1.165, 1.54) is 18.9 Å². The second-order valence-corrected chi connectivity index (χ2v) is 8.92. The van der Waals surface area contributed by atoms with Gasteiger partial charge in [-0.15, -0.1) is 0 Å². The van der Waals surface area contributed by atoms with Gasteiger partial charge in [0.15, 0.2) is 0 Å². The summed E-state index contributed by atoms with van der Waals surface area (Å²) in [5.41, 5.74) is 4.10. The second-order valence-electron chi connectivity index (χ2n) is 7.84. The van der Waals surface area contributed by atoms with Crippen molar-refractivity contribution in [3.63, 3.8) is 0 Å². The molecule has 1 aliphatic rings. The van der Waals surface area contributed by atoms with Gasteiger partial charge in [0, 0.05) is 21.0 Å². The molecule has 2 N–H and O–H groups in total. The fourth-order valence-electron chi connectivity index (χ4n) is 3.90.